The lowest BCUT2D eigenvalue weighted by molar-refractivity contribution is -0.384. The van der Waals surface area contributed by atoms with Crippen LogP contribution in [0.15, 0.2) is 30.4 Å². The third-order valence-corrected chi connectivity index (χ3v) is 5.26. The summed E-state index contributed by atoms with van der Waals surface area (Å²) >= 11 is 0. The van der Waals surface area contributed by atoms with Gasteiger partial charge in [-0.05, 0) is 38.2 Å². The molecular weight excluding hydrogens is 394 g/mol. The van der Waals surface area contributed by atoms with E-state index in [1.165, 1.54) is 37.5 Å². The highest BCUT2D eigenvalue weighted by Gasteiger charge is 2.10. The largest absolute Gasteiger partial charge is 0.397 e. The number of allylic oxidation sites excluding steroid dienone is 1. The van der Waals surface area contributed by atoms with Crippen molar-refractivity contribution in [2.75, 3.05) is 11.1 Å². The molecule has 0 heterocycles. The number of nitrogen functional groups attached to an aromatic ring is 1. The van der Waals surface area contributed by atoms with E-state index in [9.17, 15) is 20.0 Å². The Kier molecular flexibility index (Phi) is 14.0. The summed E-state index contributed by atoms with van der Waals surface area (Å²) in [5.74, 6) is -0.128. The minimum Gasteiger partial charge on any atom is -0.397 e. The van der Waals surface area contributed by atoms with Crippen LogP contribution in [0.5, 0.6) is 0 Å². The molecule has 1 amide bonds. The number of nitrogens with zero attached hydrogens (tertiary/aromatic N) is 1. The van der Waals surface area contributed by atoms with E-state index in [2.05, 4.69) is 24.4 Å². The van der Waals surface area contributed by atoms with Gasteiger partial charge in [0, 0.05) is 18.6 Å². The maximum Gasteiger partial charge on any atom is 0.271 e. The van der Waals surface area contributed by atoms with Gasteiger partial charge < -0.3 is 16.2 Å². The zero-order valence-electron chi connectivity index (χ0n) is 18.9. The molecule has 31 heavy (non-hydrogen) atoms. The zero-order chi connectivity index (χ0) is 22.9. The molecule has 1 atom stereocenters. The lowest BCUT2D eigenvalue weighted by atomic mass is 10.1. The van der Waals surface area contributed by atoms with E-state index in [0.717, 1.165) is 57.8 Å². The van der Waals surface area contributed by atoms with Gasteiger partial charge in [-0.3, -0.25) is 14.9 Å². The number of nitrogens with two attached hydrogens (primary N) is 1. The van der Waals surface area contributed by atoms with Crippen LogP contribution in [0.4, 0.5) is 17.1 Å². The van der Waals surface area contributed by atoms with Gasteiger partial charge in [0.05, 0.1) is 22.4 Å². The molecule has 0 radical (unpaired) electrons. The summed E-state index contributed by atoms with van der Waals surface area (Å²) in [6, 6.07) is 4.04. The minimum absolute atomic E-state index is 0.0936. The van der Waals surface area contributed by atoms with Gasteiger partial charge in [0.15, 0.2) is 0 Å². The molecule has 0 fully saturated rings. The lowest BCUT2D eigenvalue weighted by Gasteiger charge is -2.08. The molecule has 0 aliphatic carbocycles. The first-order valence-electron chi connectivity index (χ1n) is 11.6. The number of hydrogen-bond acceptors (Lipinski definition) is 5. The Morgan fingerprint density at radius 1 is 1.13 bits per heavy atom. The molecule has 0 saturated heterocycles. The number of amides is 1. The molecule has 0 unspecified atom stereocenters. The molecule has 1 aromatic rings. The van der Waals surface area contributed by atoms with Crippen molar-refractivity contribution in [1.29, 1.82) is 0 Å². The van der Waals surface area contributed by atoms with Crippen molar-refractivity contribution < 1.29 is 14.8 Å². The van der Waals surface area contributed by atoms with Gasteiger partial charge >= 0.3 is 0 Å². The van der Waals surface area contributed by atoms with Crippen LogP contribution in [0.25, 0.3) is 0 Å². The first-order valence-corrected chi connectivity index (χ1v) is 11.6. The molecular formula is C24H39N3O4. The van der Waals surface area contributed by atoms with Gasteiger partial charge in [0.25, 0.3) is 5.69 Å². The van der Waals surface area contributed by atoms with Gasteiger partial charge in [-0.15, -0.1) is 0 Å². The number of aliphatic hydroxyl groups is 1. The topological polar surface area (TPSA) is 118 Å². The summed E-state index contributed by atoms with van der Waals surface area (Å²) < 4.78 is 0. The first kappa shape index (κ1) is 26.6. The van der Waals surface area contributed by atoms with Crippen molar-refractivity contribution in [3.63, 3.8) is 0 Å². The number of nitrogens with one attached hydrogen (secondary N) is 1. The van der Waals surface area contributed by atoms with E-state index in [1.807, 2.05) is 0 Å². The number of anilines is 2. The smallest absolute Gasteiger partial charge is 0.271 e. The van der Waals surface area contributed by atoms with Crippen LogP contribution < -0.4 is 11.1 Å². The average molecular weight is 434 g/mol. The summed E-state index contributed by atoms with van der Waals surface area (Å²) in [4.78, 5) is 22.2. The molecule has 0 aromatic heterocycles. The van der Waals surface area contributed by atoms with Gasteiger partial charge in [0.1, 0.15) is 0 Å². The molecule has 4 N–H and O–H groups in total. The number of non-ortho nitro benzene ring substituents is 1. The monoisotopic (exact) mass is 433 g/mol. The van der Waals surface area contributed by atoms with E-state index in [4.69, 9.17) is 5.73 Å². The number of unbranched alkanes of at least 4 members (excludes halogenated alkanes) is 8. The SMILES string of the molecule is CCCCCC[C@@H](O)C/C=C\CCCCCCCC(=O)Nc1ccc([N+](=O)[O-])cc1N. The van der Waals surface area contributed by atoms with E-state index >= 15 is 0 Å². The molecule has 174 valence electrons. The summed E-state index contributed by atoms with van der Waals surface area (Å²) in [6.07, 6.45) is 17.1. The quantitative estimate of drug-likeness (QED) is 0.0898. The molecule has 0 aliphatic heterocycles. The number of benzene rings is 1. The summed E-state index contributed by atoms with van der Waals surface area (Å²) in [5, 5.41) is 23.3. The Morgan fingerprint density at radius 3 is 2.55 bits per heavy atom. The number of rotatable bonds is 17. The van der Waals surface area contributed by atoms with Crippen LogP contribution in [0.3, 0.4) is 0 Å². The van der Waals surface area contributed by atoms with E-state index < -0.39 is 4.92 Å². The van der Waals surface area contributed by atoms with Crippen molar-refractivity contribution in [2.24, 2.45) is 0 Å². The first-order chi connectivity index (χ1) is 14.9. The van der Waals surface area contributed by atoms with Gasteiger partial charge in [-0.25, -0.2) is 0 Å². The van der Waals surface area contributed by atoms with E-state index in [0.29, 0.717) is 12.1 Å². The Labute approximate surface area is 186 Å². The van der Waals surface area contributed by atoms with Crippen LogP contribution in [0, 0.1) is 10.1 Å². The van der Waals surface area contributed by atoms with Gasteiger partial charge in [-0.2, -0.15) is 0 Å². The lowest BCUT2D eigenvalue weighted by Crippen LogP contribution is -2.12. The van der Waals surface area contributed by atoms with Crippen molar-refractivity contribution in [2.45, 2.75) is 96.5 Å². The maximum absolute atomic E-state index is 12.0. The highest BCUT2D eigenvalue weighted by atomic mass is 16.6. The standard InChI is InChI=1S/C24H39N3O4/c1-2-3-4-11-14-21(28)15-12-9-7-5-6-8-10-13-16-24(29)26-23-18-17-20(27(30)31)19-22(23)25/h9,12,17-19,21,28H,2-8,10-11,13-16,25H2,1H3,(H,26,29)/b12-9-/t21-/m1/s1. The molecule has 0 bridgehead atoms. The van der Waals surface area contributed by atoms with E-state index in [1.54, 1.807) is 0 Å². The maximum atomic E-state index is 12.0. The molecule has 1 rings (SSSR count). The number of nitro groups is 1. The van der Waals surface area contributed by atoms with Crippen LogP contribution >= 0.6 is 0 Å². The molecule has 7 heteroatoms. The Balaban J connectivity index is 2.03. The molecule has 0 aliphatic rings. The summed E-state index contributed by atoms with van der Waals surface area (Å²) in [5.41, 5.74) is 6.27. The predicted molar refractivity (Wildman–Crippen MR) is 127 cm³/mol. The number of carbonyl (C=O) groups excluding carboxylic acids is 1. The van der Waals surface area contributed by atoms with Crippen LogP contribution in [0.2, 0.25) is 0 Å². The van der Waals surface area contributed by atoms with Gasteiger partial charge in [-0.1, -0.05) is 64.0 Å². The number of carbonyl (C=O) groups is 1. The third-order valence-electron chi connectivity index (χ3n) is 5.26. The summed E-state index contributed by atoms with van der Waals surface area (Å²) in [6.45, 7) is 2.19. The molecule has 7 nitrogen and oxygen atoms in total. The molecule has 0 saturated carbocycles. The van der Waals surface area contributed by atoms with Crippen LogP contribution in [-0.2, 0) is 4.79 Å². The predicted octanol–water partition coefficient (Wildman–Crippen LogP) is 6.12. The average Bonchev–Trinajstić information content (AvgIpc) is 2.73. The minimum atomic E-state index is -0.517. The van der Waals surface area contributed by atoms with Gasteiger partial charge in [0.2, 0.25) is 5.91 Å². The second-order valence-electron chi connectivity index (χ2n) is 8.09. The number of hydrogen-bond donors (Lipinski definition) is 3. The van der Waals surface area contributed by atoms with Crippen molar-refractivity contribution in [3.05, 3.63) is 40.5 Å². The third kappa shape index (κ3) is 12.8. The fraction of sp³-hybridized carbons (Fsp3) is 0.625. The van der Waals surface area contributed by atoms with Crippen LogP contribution in [0.1, 0.15) is 90.4 Å². The Hall–Kier alpha value is -2.41. The highest BCUT2D eigenvalue weighted by molar-refractivity contribution is 5.94. The number of nitro benzene ring substituents is 1. The van der Waals surface area contributed by atoms with E-state index in [-0.39, 0.29) is 23.4 Å². The van der Waals surface area contributed by atoms with Crippen LogP contribution in [-0.4, -0.2) is 22.0 Å². The second kappa shape index (κ2) is 16.3. The summed E-state index contributed by atoms with van der Waals surface area (Å²) in [7, 11) is 0. The fourth-order valence-electron chi connectivity index (χ4n) is 3.36. The van der Waals surface area contributed by atoms with Crippen molar-refractivity contribution >= 4 is 23.0 Å². The Bertz CT molecular complexity index is 691. The Morgan fingerprint density at radius 2 is 1.84 bits per heavy atom. The normalized spacial score (nSPS) is 12.2. The molecule has 1 aromatic carbocycles. The zero-order valence-corrected chi connectivity index (χ0v) is 18.9. The number of aliphatic hydroxyl groups excluding tert-OH is 1. The highest BCUT2D eigenvalue weighted by Crippen LogP contribution is 2.24. The molecule has 0 spiro atoms. The fourth-order valence-corrected chi connectivity index (χ4v) is 3.36. The second-order valence-corrected chi connectivity index (χ2v) is 8.09. The van der Waals surface area contributed by atoms with Crippen molar-refractivity contribution in [1.82, 2.24) is 0 Å². The van der Waals surface area contributed by atoms with Crippen molar-refractivity contribution in [3.8, 4) is 0 Å².